The minimum absolute atomic E-state index is 0.249. The molecule has 3 N–H and O–H groups in total. The lowest BCUT2D eigenvalue weighted by Crippen LogP contribution is -2.54. The maximum absolute atomic E-state index is 13.9. The SMILES string of the molecule is Cc1[nH]n(-c2ccccc2)c(=O)c1C1C(O)C(/C=C2/N(Cc3ccccc3)c3ccc4ccccc4c3C2(Cc2ccccc2)Cc2ccccc2)C1O. The van der Waals surface area contributed by atoms with E-state index in [-0.39, 0.29) is 5.56 Å². The highest BCUT2D eigenvalue weighted by atomic mass is 16.3. The van der Waals surface area contributed by atoms with Crippen molar-refractivity contribution in [2.45, 2.75) is 49.9 Å². The van der Waals surface area contributed by atoms with Crippen molar-refractivity contribution in [3.8, 4) is 5.69 Å². The van der Waals surface area contributed by atoms with E-state index in [4.69, 9.17) is 0 Å². The number of aliphatic hydroxyl groups excluding tert-OH is 2. The fourth-order valence-corrected chi connectivity index (χ4v) is 9.17. The molecule has 1 aliphatic carbocycles. The van der Waals surface area contributed by atoms with Crippen LogP contribution in [-0.4, -0.2) is 32.2 Å². The smallest absolute Gasteiger partial charge is 0.275 e. The molecule has 1 fully saturated rings. The molecule has 2 heterocycles. The Morgan fingerprint density at radius 1 is 0.667 bits per heavy atom. The lowest BCUT2D eigenvalue weighted by atomic mass is 9.63. The quantitative estimate of drug-likeness (QED) is 0.141. The first kappa shape index (κ1) is 33.9. The minimum Gasteiger partial charge on any atom is -0.392 e. The first-order valence-electron chi connectivity index (χ1n) is 18.8. The van der Waals surface area contributed by atoms with Gasteiger partial charge in [-0.15, -0.1) is 0 Å². The molecule has 0 radical (unpaired) electrons. The van der Waals surface area contributed by atoms with Gasteiger partial charge in [-0.3, -0.25) is 9.89 Å². The van der Waals surface area contributed by atoms with Crippen LogP contribution in [0.4, 0.5) is 5.69 Å². The summed E-state index contributed by atoms with van der Waals surface area (Å²) in [5.74, 6) is -1.33. The van der Waals surface area contributed by atoms with Crippen molar-refractivity contribution in [2.75, 3.05) is 4.90 Å². The van der Waals surface area contributed by atoms with Crippen molar-refractivity contribution >= 4 is 16.5 Å². The zero-order valence-electron chi connectivity index (χ0n) is 30.2. The number of para-hydroxylation sites is 1. The van der Waals surface area contributed by atoms with E-state index in [9.17, 15) is 15.0 Å². The monoisotopic (exact) mass is 709 g/mol. The molecule has 1 aromatic heterocycles. The molecule has 0 spiro atoms. The second kappa shape index (κ2) is 13.8. The Bertz CT molecular complexity index is 2460. The molecule has 6 heteroatoms. The number of aliphatic hydroxyl groups is 2. The van der Waals surface area contributed by atoms with Gasteiger partial charge in [0.05, 0.1) is 17.9 Å². The van der Waals surface area contributed by atoms with E-state index in [0.717, 1.165) is 16.9 Å². The van der Waals surface area contributed by atoms with Crippen LogP contribution in [0.1, 0.15) is 39.4 Å². The number of hydrogen-bond acceptors (Lipinski definition) is 4. The van der Waals surface area contributed by atoms with Gasteiger partial charge in [0, 0.05) is 46.4 Å². The molecule has 1 aliphatic heterocycles. The van der Waals surface area contributed by atoms with Gasteiger partial charge in [0.2, 0.25) is 0 Å². The molecule has 6 aromatic carbocycles. The van der Waals surface area contributed by atoms with Crippen LogP contribution in [0, 0.1) is 12.8 Å². The number of aryl methyl sites for hydroxylation is 1. The highest BCUT2D eigenvalue weighted by Gasteiger charge is 2.54. The van der Waals surface area contributed by atoms with Crippen molar-refractivity contribution in [2.24, 2.45) is 5.92 Å². The Balaban J connectivity index is 1.24. The third kappa shape index (κ3) is 5.70. The van der Waals surface area contributed by atoms with Gasteiger partial charge in [-0.2, -0.15) is 0 Å². The fourth-order valence-electron chi connectivity index (χ4n) is 9.17. The zero-order valence-corrected chi connectivity index (χ0v) is 30.2. The second-order valence-electron chi connectivity index (χ2n) is 14.9. The second-order valence-corrected chi connectivity index (χ2v) is 14.9. The number of H-pyrrole nitrogens is 1. The Morgan fingerprint density at radius 2 is 1.20 bits per heavy atom. The van der Waals surface area contributed by atoms with Gasteiger partial charge in [-0.1, -0.05) is 146 Å². The van der Waals surface area contributed by atoms with E-state index < -0.39 is 29.5 Å². The molecule has 0 bridgehead atoms. The molecule has 6 nitrogen and oxygen atoms in total. The molecule has 9 rings (SSSR count). The van der Waals surface area contributed by atoms with Crippen LogP contribution >= 0.6 is 0 Å². The van der Waals surface area contributed by atoms with Crippen LogP contribution < -0.4 is 10.5 Å². The summed E-state index contributed by atoms with van der Waals surface area (Å²) in [5, 5.41) is 29.8. The van der Waals surface area contributed by atoms with Crippen molar-refractivity contribution < 1.29 is 10.2 Å². The first-order valence-corrected chi connectivity index (χ1v) is 18.8. The predicted octanol–water partition coefficient (Wildman–Crippen LogP) is 8.39. The molecule has 1 saturated carbocycles. The number of hydrogen-bond donors (Lipinski definition) is 3. The summed E-state index contributed by atoms with van der Waals surface area (Å²) >= 11 is 0. The average Bonchev–Trinajstić information content (AvgIpc) is 3.63. The van der Waals surface area contributed by atoms with Crippen molar-refractivity contribution in [3.63, 3.8) is 0 Å². The number of aromatic amines is 1. The van der Waals surface area contributed by atoms with Gasteiger partial charge in [-0.25, -0.2) is 4.68 Å². The number of rotatable bonds is 9. The summed E-state index contributed by atoms with van der Waals surface area (Å²) in [7, 11) is 0. The van der Waals surface area contributed by atoms with Crippen LogP contribution in [0.2, 0.25) is 0 Å². The minimum atomic E-state index is -0.968. The Labute approximate surface area is 315 Å². The maximum Gasteiger partial charge on any atom is 0.275 e. The third-order valence-corrected chi connectivity index (χ3v) is 11.7. The number of anilines is 1. The number of nitrogens with one attached hydrogen (secondary N) is 1. The normalized spacial score (nSPS) is 20.9. The van der Waals surface area contributed by atoms with E-state index in [1.807, 2.05) is 43.3 Å². The lowest BCUT2D eigenvalue weighted by molar-refractivity contribution is -0.0953. The number of aromatic nitrogens is 2. The summed E-state index contributed by atoms with van der Waals surface area (Å²) in [6, 6.07) is 54.3. The van der Waals surface area contributed by atoms with Crippen molar-refractivity contribution in [1.29, 1.82) is 0 Å². The molecule has 0 saturated heterocycles. The van der Waals surface area contributed by atoms with Crippen molar-refractivity contribution in [1.82, 2.24) is 9.78 Å². The number of allylic oxidation sites excluding steroid dienone is 1. The van der Waals surface area contributed by atoms with Crippen LogP contribution in [0.3, 0.4) is 0 Å². The van der Waals surface area contributed by atoms with Gasteiger partial charge in [0.25, 0.3) is 5.56 Å². The summed E-state index contributed by atoms with van der Waals surface area (Å²) < 4.78 is 1.50. The van der Waals surface area contributed by atoms with Crippen molar-refractivity contribution in [3.05, 3.63) is 213 Å². The fraction of sp³-hybridized carbons (Fsp3) is 0.188. The topological polar surface area (TPSA) is 81.5 Å². The van der Waals surface area contributed by atoms with Gasteiger partial charge in [0.15, 0.2) is 0 Å². The van der Waals surface area contributed by atoms with Crippen LogP contribution in [-0.2, 0) is 24.8 Å². The summed E-state index contributed by atoms with van der Waals surface area (Å²) in [6.45, 7) is 2.46. The highest BCUT2D eigenvalue weighted by Crippen LogP contribution is 2.56. The van der Waals surface area contributed by atoms with Crippen LogP contribution in [0.5, 0.6) is 0 Å². The molecule has 0 amide bonds. The molecule has 2 unspecified atom stereocenters. The zero-order chi connectivity index (χ0) is 36.8. The Kier molecular flexibility index (Phi) is 8.65. The largest absolute Gasteiger partial charge is 0.392 e. The number of nitrogens with zero attached hydrogens (tertiary/aromatic N) is 2. The average molecular weight is 710 g/mol. The Hall–Kier alpha value is -5.95. The van der Waals surface area contributed by atoms with E-state index in [0.29, 0.717) is 36.3 Å². The number of fused-ring (bicyclic) bond motifs is 3. The maximum atomic E-state index is 13.9. The molecular weight excluding hydrogens is 667 g/mol. The van der Waals surface area contributed by atoms with Crippen LogP contribution in [0.25, 0.3) is 16.5 Å². The van der Waals surface area contributed by atoms with Gasteiger partial charge < -0.3 is 15.1 Å². The van der Waals surface area contributed by atoms with E-state index >= 15 is 0 Å². The number of benzene rings is 6. The molecule has 2 atom stereocenters. The molecular formula is C48H43N3O3. The van der Waals surface area contributed by atoms with Gasteiger partial charge in [0.1, 0.15) is 0 Å². The predicted molar refractivity (Wildman–Crippen MR) is 216 cm³/mol. The first-order chi connectivity index (χ1) is 26.4. The van der Waals surface area contributed by atoms with Gasteiger partial charge in [-0.05, 0) is 71.0 Å². The van der Waals surface area contributed by atoms with E-state index in [1.54, 1.807) is 0 Å². The molecule has 7 aromatic rings. The van der Waals surface area contributed by atoms with E-state index in [1.165, 1.54) is 32.1 Å². The lowest BCUT2D eigenvalue weighted by Gasteiger charge is -2.46. The summed E-state index contributed by atoms with van der Waals surface area (Å²) in [4.78, 5) is 16.3. The molecule has 54 heavy (non-hydrogen) atoms. The standard InChI is InChI=1S/C48H43N3O3/c1-32-42(47(54)51(49-32)37-23-12-5-13-24-37)43-45(52)39(46(43)53)28-41-48(29-33-16-6-2-7-17-33,30-34-18-8-3-9-19-34)44-38-25-15-14-22-36(38)26-27-40(44)50(41)31-35-20-10-4-11-21-35/h2-28,39,43,45-46,49,52-53H,29-31H2,1H3/b41-28+. The summed E-state index contributed by atoms with van der Waals surface area (Å²) in [6.07, 6.45) is 1.63. The summed E-state index contributed by atoms with van der Waals surface area (Å²) in [5.41, 5.74) is 7.97. The van der Waals surface area contributed by atoms with Gasteiger partial charge >= 0.3 is 0 Å². The Morgan fingerprint density at radius 3 is 1.81 bits per heavy atom. The van der Waals surface area contributed by atoms with Crippen LogP contribution in [0.15, 0.2) is 174 Å². The van der Waals surface area contributed by atoms with E-state index in [2.05, 4.69) is 137 Å². The molecule has 2 aliphatic rings. The molecule has 268 valence electrons. The third-order valence-electron chi connectivity index (χ3n) is 11.7. The highest BCUT2D eigenvalue weighted by molar-refractivity contribution is 5.95.